The summed E-state index contributed by atoms with van der Waals surface area (Å²) in [5.74, 6) is 0.581. The van der Waals surface area contributed by atoms with Gasteiger partial charge in [-0.3, -0.25) is 4.79 Å². The van der Waals surface area contributed by atoms with Crippen molar-refractivity contribution in [1.29, 1.82) is 0 Å². The Bertz CT molecular complexity index is 940. The molecule has 2 aromatic carbocycles. The average Bonchev–Trinajstić information content (AvgIpc) is 2.61. The molecule has 0 aliphatic heterocycles. The van der Waals surface area contributed by atoms with E-state index in [2.05, 4.69) is 0 Å². The largest absolute Gasteiger partial charge is 0.507 e. The fraction of sp³-hybridized carbons (Fsp3) is 0.167. The SMILES string of the molecule is COc1ccc(-c2coc3cc(OC)c(CO)c(O)c3c2=O)cc1. The maximum atomic E-state index is 12.8. The summed E-state index contributed by atoms with van der Waals surface area (Å²) in [4.78, 5) is 12.8. The van der Waals surface area contributed by atoms with Crippen LogP contribution in [0.4, 0.5) is 0 Å². The number of hydrogen-bond donors (Lipinski definition) is 2. The topological polar surface area (TPSA) is 89.1 Å². The van der Waals surface area contributed by atoms with Gasteiger partial charge in [0.15, 0.2) is 0 Å². The zero-order valence-electron chi connectivity index (χ0n) is 13.2. The van der Waals surface area contributed by atoms with Gasteiger partial charge in [0.2, 0.25) is 5.43 Å². The molecule has 0 aliphatic carbocycles. The van der Waals surface area contributed by atoms with E-state index in [-0.39, 0.29) is 28.0 Å². The molecule has 24 heavy (non-hydrogen) atoms. The highest BCUT2D eigenvalue weighted by atomic mass is 16.5. The first kappa shape index (κ1) is 15.9. The van der Waals surface area contributed by atoms with Crippen molar-refractivity contribution >= 4 is 11.0 Å². The molecule has 0 aliphatic rings. The Morgan fingerprint density at radius 3 is 2.42 bits per heavy atom. The Morgan fingerprint density at radius 1 is 1.12 bits per heavy atom. The van der Waals surface area contributed by atoms with Gasteiger partial charge in [0, 0.05) is 6.07 Å². The number of aliphatic hydroxyl groups excluding tert-OH is 1. The minimum absolute atomic E-state index is 0.00756. The summed E-state index contributed by atoms with van der Waals surface area (Å²) in [5.41, 5.74) is 0.867. The summed E-state index contributed by atoms with van der Waals surface area (Å²) in [6, 6.07) is 8.38. The summed E-state index contributed by atoms with van der Waals surface area (Å²) in [6.45, 7) is -0.461. The third-order valence-corrected chi connectivity index (χ3v) is 3.88. The molecule has 3 rings (SSSR count). The number of aromatic hydroxyl groups is 1. The summed E-state index contributed by atoms with van der Waals surface area (Å²) in [5, 5.41) is 19.8. The number of benzene rings is 2. The number of hydrogen-bond acceptors (Lipinski definition) is 6. The Labute approximate surface area is 137 Å². The first-order chi connectivity index (χ1) is 11.6. The third-order valence-electron chi connectivity index (χ3n) is 3.88. The third kappa shape index (κ3) is 2.47. The van der Waals surface area contributed by atoms with Gasteiger partial charge in [0.25, 0.3) is 0 Å². The number of aliphatic hydroxyl groups is 1. The van der Waals surface area contributed by atoms with Crippen molar-refractivity contribution in [3.05, 3.63) is 52.4 Å². The molecule has 6 heteroatoms. The normalized spacial score (nSPS) is 10.8. The van der Waals surface area contributed by atoms with Crippen molar-refractivity contribution in [2.45, 2.75) is 6.61 Å². The van der Waals surface area contributed by atoms with Crippen LogP contribution in [0.1, 0.15) is 5.56 Å². The maximum absolute atomic E-state index is 12.8. The minimum atomic E-state index is -0.461. The highest BCUT2D eigenvalue weighted by Crippen LogP contribution is 2.35. The van der Waals surface area contributed by atoms with Crippen LogP contribution in [0.15, 0.2) is 45.8 Å². The molecular formula is C18H16O6. The Balaban J connectivity index is 2.27. The van der Waals surface area contributed by atoms with Gasteiger partial charge in [0.1, 0.15) is 34.5 Å². The Morgan fingerprint density at radius 2 is 1.83 bits per heavy atom. The van der Waals surface area contributed by atoms with E-state index < -0.39 is 12.0 Å². The number of ether oxygens (including phenoxy) is 2. The van der Waals surface area contributed by atoms with Gasteiger partial charge in [-0.15, -0.1) is 0 Å². The van der Waals surface area contributed by atoms with Gasteiger partial charge in [-0.2, -0.15) is 0 Å². The van der Waals surface area contributed by atoms with Crippen molar-refractivity contribution in [2.24, 2.45) is 0 Å². The van der Waals surface area contributed by atoms with Gasteiger partial charge in [-0.1, -0.05) is 12.1 Å². The fourth-order valence-electron chi connectivity index (χ4n) is 2.59. The molecule has 1 heterocycles. The first-order valence-electron chi connectivity index (χ1n) is 7.20. The molecule has 0 atom stereocenters. The van der Waals surface area contributed by atoms with Gasteiger partial charge < -0.3 is 24.1 Å². The monoisotopic (exact) mass is 328 g/mol. The van der Waals surface area contributed by atoms with E-state index in [1.54, 1.807) is 31.4 Å². The molecule has 1 aromatic heterocycles. The molecule has 0 fully saturated rings. The molecule has 124 valence electrons. The molecule has 0 bridgehead atoms. The zero-order valence-corrected chi connectivity index (χ0v) is 13.2. The first-order valence-corrected chi connectivity index (χ1v) is 7.20. The summed E-state index contributed by atoms with van der Waals surface area (Å²) in [6.07, 6.45) is 1.34. The van der Waals surface area contributed by atoms with E-state index in [1.165, 1.54) is 19.4 Å². The summed E-state index contributed by atoms with van der Waals surface area (Å²) < 4.78 is 15.7. The van der Waals surface area contributed by atoms with Crippen LogP contribution < -0.4 is 14.9 Å². The molecule has 0 saturated carbocycles. The summed E-state index contributed by atoms with van der Waals surface area (Å²) >= 11 is 0. The molecular weight excluding hydrogens is 312 g/mol. The molecule has 3 aromatic rings. The van der Waals surface area contributed by atoms with Crippen molar-refractivity contribution in [1.82, 2.24) is 0 Å². The molecule has 0 spiro atoms. The van der Waals surface area contributed by atoms with Crippen molar-refractivity contribution in [3.63, 3.8) is 0 Å². The number of rotatable bonds is 4. The van der Waals surface area contributed by atoms with E-state index in [9.17, 15) is 15.0 Å². The lowest BCUT2D eigenvalue weighted by atomic mass is 10.0. The van der Waals surface area contributed by atoms with Crippen molar-refractivity contribution in [3.8, 4) is 28.4 Å². The van der Waals surface area contributed by atoms with Crippen LogP contribution in [0.2, 0.25) is 0 Å². The van der Waals surface area contributed by atoms with Crippen molar-refractivity contribution in [2.75, 3.05) is 14.2 Å². The number of phenols is 1. The van der Waals surface area contributed by atoms with Gasteiger partial charge in [-0.05, 0) is 17.7 Å². The van der Waals surface area contributed by atoms with Crippen LogP contribution in [-0.2, 0) is 6.61 Å². The number of methoxy groups -OCH3 is 2. The Hall–Kier alpha value is -2.99. The highest BCUT2D eigenvalue weighted by Gasteiger charge is 2.19. The molecule has 6 nitrogen and oxygen atoms in total. The van der Waals surface area contributed by atoms with Crippen LogP contribution in [0, 0.1) is 0 Å². The standard InChI is InChI=1S/C18H16O6/c1-22-11-5-3-10(4-6-11)13-9-24-15-7-14(23-2)12(8-19)17(20)16(15)18(13)21/h3-7,9,19-20H,8H2,1-2H3. The second-order valence-electron chi connectivity index (χ2n) is 5.14. The lowest BCUT2D eigenvalue weighted by molar-refractivity contribution is 0.267. The van der Waals surface area contributed by atoms with Gasteiger partial charge in [-0.25, -0.2) is 0 Å². The molecule has 0 radical (unpaired) electrons. The number of fused-ring (bicyclic) bond motifs is 1. The fourth-order valence-corrected chi connectivity index (χ4v) is 2.59. The molecule has 0 unspecified atom stereocenters. The zero-order chi connectivity index (χ0) is 17.3. The van der Waals surface area contributed by atoms with Crippen LogP contribution in [0.3, 0.4) is 0 Å². The Kier molecular flexibility index (Phi) is 4.14. The highest BCUT2D eigenvalue weighted by molar-refractivity contribution is 5.89. The van der Waals surface area contributed by atoms with E-state index in [0.29, 0.717) is 16.9 Å². The summed E-state index contributed by atoms with van der Waals surface area (Å²) in [7, 11) is 2.96. The van der Waals surface area contributed by atoms with Gasteiger partial charge in [0.05, 0.1) is 32.0 Å². The van der Waals surface area contributed by atoms with E-state index >= 15 is 0 Å². The van der Waals surface area contributed by atoms with Crippen LogP contribution >= 0.6 is 0 Å². The maximum Gasteiger partial charge on any atom is 0.204 e. The van der Waals surface area contributed by atoms with E-state index in [0.717, 1.165) is 0 Å². The van der Waals surface area contributed by atoms with Gasteiger partial charge >= 0.3 is 0 Å². The smallest absolute Gasteiger partial charge is 0.204 e. The predicted molar refractivity (Wildman–Crippen MR) is 88.6 cm³/mol. The second-order valence-corrected chi connectivity index (χ2v) is 5.14. The van der Waals surface area contributed by atoms with E-state index in [4.69, 9.17) is 13.9 Å². The van der Waals surface area contributed by atoms with Crippen LogP contribution in [0.25, 0.3) is 22.1 Å². The molecule has 0 saturated heterocycles. The second kappa shape index (κ2) is 6.25. The molecule has 2 N–H and O–H groups in total. The lowest BCUT2D eigenvalue weighted by Crippen LogP contribution is -2.07. The van der Waals surface area contributed by atoms with Crippen LogP contribution in [-0.4, -0.2) is 24.4 Å². The van der Waals surface area contributed by atoms with Crippen molar-refractivity contribution < 1.29 is 24.1 Å². The molecule has 0 amide bonds. The minimum Gasteiger partial charge on any atom is -0.507 e. The van der Waals surface area contributed by atoms with Crippen LogP contribution in [0.5, 0.6) is 17.2 Å². The quantitative estimate of drug-likeness (QED) is 0.765. The van der Waals surface area contributed by atoms with E-state index in [1.807, 2.05) is 0 Å². The predicted octanol–water partition coefficient (Wildman–Crippen LogP) is 2.68. The lowest BCUT2D eigenvalue weighted by Gasteiger charge is -2.11. The average molecular weight is 328 g/mol.